The summed E-state index contributed by atoms with van der Waals surface area (Å²) < 4.78 is 5.18. The summed E-state index contributed by atoms with van der Waals surface area (Å²) in [6.07, 6.45) is 8.33. The van der Waals surface area contributed by atoms with Crippen molar-refractivity contribution in [3.05, 3.63) is 11.6 Å². The van der Waals surface area contributed by atoms with E-state index in [-0.39, 0.29) is 34.6 Å². The molecule has 0 radical (unpaired) electrons. The maximum atomic E-state index is 12.1. The lowest BCUT2D eigenvalue weighted by molar-refractivity contribution is -0.254. The number of ether oxygens (including phenoxy) is 1. The summed E-state index contributed by atoms with van der Waals surface area (Å²) in [4.78, 5) is 11.6. The predicted octanol–water partition coefficient (Wildman–Crippen LogP) is 2.72. The van der Waals surface area contributed by atoms with Crippen molar-refractivity contribution in [2.24, 2.45) is 28.6 Å². The van der Waals surface area contributed by atoms with Crippen LogP contribution in [0.1, 0.15) is 71.6 Å². The lowest BCUT2D eigenvalue weighted by Crippen LogP contribution is -2.67. The van der Waals surface area contributed by atoms with E-state index in [4.69, 9.17) is 4.74 Å². The second kappa shape index (κ2) is 5.83. The number of carbonyl (C=O) groups is 1. The van der Waals surface area contributed by atoms with Gasteiger partial charge in [-0.3, -0.25) is 0 Å². The van der Waals surface area contributed by atoms with Gasteiger partial charge >= 0.3 is 5.97 Å². The van der Waals surface area contributed by atoms with E-state index in [1.807, 2.05) is 0 Å². The first-order valence-corrected chi connectivity index (χ1v) is 11.1. The van der Waals surface area contributed by atoms with E-state index < -0.39 is 17.3 Å². The van der Waals surface area contributed by atoms with Crippen LogP contribution in [0.25, 0.3) is 0 Å². The van der Waals surface area contributed by atoms with Crippen molar-refractivity contribution in [1.29, 1.82) is 0 Å². The Balaban J connectivity index is 1.49. The van der Waals surface area contributed by atoms with Crippen molar-refractivity contribution in [1.82, 2.24) is 0 Å². The van der Waals surface area contributed by atoms with Gasteiger partial charge < -0.3 is 20.1 Å². The summed E-state index contributed by atoms with van der Waals surface area (Å²) in [7, 11) is 0. The molecule has 8 atom stereocenters. The highest BCUT2D eigenvalue weighted by molar-refractivity contribution is 5.85. The van der Waals surface area contributed by atoms with Crippen LogP contribution in [-0.4, -0.2) is 45.2 Å². The summed E-state index contributed by atoms with van der Waals surface area (Å²) >= 11 is 0. The van der Waals surface area contributed by atoms with Crippen LogP contribution >= 0.6 is 0 Å². The molecule has 0 aromatic carbocycles. The number of aliphatic hydroxyl groups excluding tert-OH is 1. The molecule has 0 saturated heterocycles. The first-order valence-electron chi connectivity index (χ1n) is 11.1. The fraction of sp³-hybridized carbons (Fsp3) is 0.870. The Morgan fingerprint density at radius 3 is 2.39 bits per heavy atom. The van der Waals surface area contributed by atoms with Crippen LogP contribution in [0.15, 0.2) is 11.6 Å². The van der Waals surface area contributed by atoms with Gasteiger partial charge in [0.25, 0.3) is 0 Å². The number of hydrogen-bond acceptors (Lipinski definition) is 5. The Bertz CT molecular complexity index is 733. The van der Waals surface area contributed by atoms with E-state index in [9.17, 15) is 20.1 Å². The van der Waals surface area contributed by atoms with Crippen LogP contribution in [0.2, 0.25) is 0 Å². The Labute approximate surface area is 167 Å². The quantitative estimate of drug-likeness (QED) is 0.599. The topological polar surface area (TPSA) is 87.0 Å². The Morgan fingerprint density at radius 1 is 0.964 bits per heavy atom. The van der Waals surface area contributed by atoms with Crippen LogP contribution in [0.4, 0.5) is 0 Å². The second-order valence-electron chi connectivity index (χ2n) is 10.9. The Morgan fingerprint density at radius 2 is 1.68 bits per heavy atom. The smallest absolute Gasteiger partial charge is 0.331 e. The van der Waals surface area contributed by atoms with Crippen molar-refractivity contribution in [2.45, 2.75) is 88.9 Å². The van der Waals surface area contributed by atoms with Gasteiger partial charge in [0.1, 0.15) is 6.61 Å². The lowest BCUT2D eigenvalue weighted by Gasteiger charge is -2.66. The zero-order valence-electron chi connectivity index (χ0n) is 17.1. The molecule has 5 aliphatic rings. The highest BCUT2D eigenvalue weighted by Gasteiger charge is 2.70. The van der Waals surface area contributed by atoms with Crippen molar-refractivity contribution in [3.63, 3.8) is 0 Å². The van der Waals surface area contributed by atoms with Crippen molar-refractivity contribution in [2.75, 3.05) is 6.61 Å². The number of hydrogen-bond donors (Lipinski definition) is 3. The highest BCUT2D eigenvalue weighted by atomic mass is 16.5. The minimum absolute atomic E-state index is 0.176. The van der Waals surface area contributed by atoms with Gasteiger partial charge in [0.15, 0.2) is 0 Å². The number of cyclic esters (lactones) is 1. The first kappa shape index (κ1) is 19.1. The molecule has 28 heavy (non-hydrogen) atoms. The molecule has 0 aromatic rings. The molecule has 4 aliphatic carbocycles. The first-order chi connectivity index (χ1) is 13.1. The largest absolute Gasteiger partial charge is 0.458 e. The van der Waals surface area contributed by atoms with Gasteiger partial charge in [-0.2, -0.15) is 0 Å². The number of carbonyl (C=O) groups excluding carboxylic acids is 1. The van der Waals surface area contributed by atoms with E-state index in [2.05, 4.69) is 13.8 Å². The second-order valence-corrected chi connectivity index (χ2v) is 10.9. The molecule has 4 fully saturated rings. The lowest BCUT2D eigenvalue weighted by atomic mass is 9.42. The van der Waals surface area contributed by atoms with Gasteiger partial charge in [-0.1, -0.05) is 13.8 Å². The van der Waals surface area contributed by atoms with Gasteiger partial charge in [0.2, 0.25) is 0 Å². The van der Waals surface area contributed by atoms with Crippen molar-refractivity contribution >= 4 is 5.97 Å². The molecule has 0 unspecified atom stereocenters. The third-order valence-corrected chi connectivity index (χ3v) is 10.1. The van der Waals surface area contributed by atoms with Crippen molar-refractivity contribution in [3.8, 4) is 0 Å². The van der Waals surface area contributed by atoms with Gasteiger partial charge in [-0.05, 0) is 80.1 Å². The molecule has 1 aliphatic heterocycles. The summed E-state index contributed by atoms with van der Waals surface area (Å²) in [5.74, 6) is 0.409. The standard InChI is InChI=1S/C23H34O5/c1-20-7-3-15(24)12-22(20,26)9-5-18-17(20)4-8-21(2)16(6-10-23(18,21)27)14-11-19(25)28-13-14/h11,15-18,24,26-27H,3-10,12-13H2,1-2H3/t15-,16+,17-,18+,20+,21+,22-,23-/m1/s1. The third-order valence-electron chi connectivity index (χ3n) is 10.1. The van der Waals surface area contributed by atoms with Crippen LogP contribution in [0, 0.1) is 28.6 Å². The molecular formula is C23H34O5. The highest BCUT2D eigenvalue weighted by Crippen LogP contribution is 2.70. The summed E-state index contributed by atoms with van der Waals surface area (Å²) in [6.45, 7) is 4.80. The van der Waals surface area contributed by atoms with E-state index in [1.165, 1.54) is 0 Å². The maximum Gasteiger partial charge on any atom is 0.331 e. The maximum absolute atomic E-state index is 12.1. The third kappa shape index (κ3) is 2.21. The van der Waals surface area contributed by atoms with Crippen LogP contribution in [0.5, 0.6) is 0 Å². The zero-order chi connectivity index (χ0) is 19.9. The molecule has 4 saturated carbocycles. The molecule has 156 valence electrons. The molecular weight excluding hydrogens is 356 g/mol. The average Bonchev–Trinajstić information content (AvgIpc) is 3.17. The number of rotatable bonds is 1. The SMILES string of the molecule is C[C@@]12CC[C@@H](O)C[C@]1(O)CC[C@H]1[C@H]2CC[C@@]2(C)[C@H](C3=CC(=O)OC3)CC[C@@]12O. The molecule has 3 N–H and O–H groups in total. The van der Waals surface area contributed by atoms with Crippen molar-refractivity contribution < 1.29 is 24.9 Å². The summed E-state index contributed by atoms with van der Waals surface area (Å²) in [5, 5.41) is 33.8. The zero-order valence-corrected chi connectivity index (χ0v) is 17.1. The monoisotopic (exact) mass is 390 g/mol. The van der Waals surface area contributed by atoms with Crippen LogP contribution in [-0.2, 0) is 9.53 Å². The molecule has 5 heteroatoms. The molecule has 0 amide bonds. The average molecular weight is 391 g/mol. The number of fused-ring (bicyclic) bond motifs is 5. The van der Waals surface area contributed by atoms with Gasteiger partial charge in [0.05, 0.1) is 17.3 Å². The fourth-order valence-electron chi connectivity index (χ4n) is 8.38. The fourth-order valence-corrected chi connectivity index (χ4v) is 8.38. The summed E-state index contributed by atoms with van der Waals surface area (Å²) in [6, 6.07) is 0. The number of esters is 1. The summed E-state index contributed by atoms with van der Waals surface area (Å²) in [5.41, 5.74) is -0.999. The van der Waals surface area contributed by atoms with E-state index in [0.29, 0.717) is 19.4 Å². The molecule has 5 rings (SSSR count). The Hall–Kier alpha value is -0.910. The van der Waals surface area contributed by atoms with Gasteiger partial charge in [0, 0.05) is 17.9 Å². The molecule has 0 aromatic heterocycles. The minimum Gasteiger partial charge on any atom is -0.458 e. The van der Waals surface area contributed by atoms with Gasteiger partial charge in [-0.15, -0.1) is 0 Å². The predicted molar refractivity (Wildman–Crippen MR) is 103 cm³/mol. The number of aliphatic hydroxyl groups is 3. The normalized spacial score (nSPS) is 55.8. The Kier molecular flexibility index (Phi) is 3.97. The minimum atomic E-state index is -0.817. The molecule has 5 nitrogen and oxygen atoms in total. The molecule has 0 spiro atoms. The van der Waals surface area contributed by atoms with Crippen LogP contribution in [0.3, 0.4) is 0 Å². The molecule has 0 bridgehead atoms. The van der Waals surface area contributed by atoms with E-state index in [0.717, 1.165) is 50.5 Å². The van der Waals surface area contributed by atoms with Gasteiger partial charge in [-0.25, -0.2) is 4.79 Å². The van der Waals surface area contributed by atoms with E-state index >= 15 is 0 Å². The van der Waals surface area contributed by atoms with E-state index in [1.54, 1.807) is 6.08 Å². The molecule has 1 heterocycles. The van der Waals surface area contributed by atoms with Crippen LogP contribution < -0.4 is 0 Å².